The molecule has 0 saturated carbocycles. The molecule has 8 heteroatoms. The maximum absolute atomic E-state index is 12.0. The van der Waals surface area contributed by atoms with Gasteiger partial charge in [-0.25, -0.2) is 13.1 Å². The molecule has 122 valence electrons. The zero-order valence-corrected chi connectivity index (χ0v) is 13.8. The highest BCUT2D eigenvalue weighted by atomic mass is 35.5. The van der Waals surface area contributed by atoms with Crippen molar-refractivity contribution < 1.29 is 13.2 Å². The van der Waals surface area contributed by atoms with Gasteiger partial charge in [0.1, 0.15) is 0 Å². The summed E-state index contributed by atoms with van der Waals surface area (Å²) in [5.74, 6) is -0.260. The third-order valence-electron chi connectivity index (χ3n) is 2.94. The number of halogens is 1. The van der Waals surface area contributed by atoms with Gasteiger partial charge in [-0.1, -0.05) is 23.7 Å². The summed E-state index contributed by atoms with van der Waals surface area (Å²) < 4.78 is 26.4. The molecule has 1 heterocycles. The van der Waals surface area contributed by atoms with E-state index in [9.17, 15) is 13.2 Å². The van der Waals surface area contributed by atoms with E-state index in [1.165, 1.54) is 12.1 Å². The van der Waals surface area contributed by atoms with E-state index in [1.807, 2.05) is 6.07 Å². The van der Waals surface area contributed by atoms with Crippen molar-refractivity contribution in [3.05, 3.63) is 59.4 Å². The molecular weight excluding hydrogens is 338 g/mol. The molecule has 0 saturated heterocycles. The quantitative estimate of drug-likeness (QED) is 0.793. The number of pyridine rings is 1. The minimum absolute atomic E-state index is 0.00288. The standard InChI is InChI=1S/C15H16ClN3O3S/c16-12-4-3-6-14(10-12)23(21,22)19-9-7-15(20)18-11-13-5-1-2-8-17-13/h1-6,8,10,19H,7,9,11H2,(H,18,20). The van der Waals surface area contributed by atoms with Crippen LogP contribution in [0.3, 0.4) is 0 Å². The first kappa shape index (κ1) is 17.4. The van der Waals surface area contributed by atoms with Crippen LogP contribution in [0.25, 0.3) is 0 Å². The van der Waals surface area contributed by atoms with Gasteiger partial charge >= 0.3 is 0 Å². The number of hydrogen-bond acceptors (Lipinski definition) is 4. The molecule has 0 spiro atoms. The molecule has 1 aromatic heterocycles. The summed E-state index contributed by atoms with van der Waals surface area (Å²) in [5.41, 5.74) is 0.736. The average Bonchev–Trinajstić information content (AvgIpc) is 2.54. The topological polar surface area (TPSA) is 88.2 Å². The highest BCUT2D eigenvalue weighted by molar-refractivity contribution is 7.89. The summed E-state index contributed by atoms with van der Waals surface area (Å²) in [7, 11) is -3.67. The van der Waals surface area contributed by atoms with Crippen molar-refractivity contribution in [3.8, 4) is 0 Å². The molecule has 23 heavy (non-hydrogen) atoms. The first-order valence-electron chi connectivity index (χ1n) is 6.89. The van der Waals surface area contributed by atoms with Crippen LogP contribution >= 0.6 is 11.6 Å². The highest BCUT2D eigenvalue weighted by Crippen LogP contribution is 2.14. The smallest absolute Gasteiger partial charge is 0.240 e. The second-order valence-corrected chi connectivity index (χ2v) is 6.91. The molecule has 6 nitrogen and oxygen atoms in total. The lowest BCUT2D eigenvalue weighted by molar-refractivity contribution is -0.121. The van der Waals surface area contributed by atoms with Crippen LogP contribution in [0, 0.1) is 0 Å². The third-order valence-corrected chi connectivity index (χ3v) is 4.64. The number of benzene rings is 1. The van der Waals surface area contributed by atoms with Gasteiger partial charge in [0.25, 0.3) is 0 Å². The SMILES string of the molecule is O=C(CCNS(=O)(=O)c1cccc(Cl)c1)NCc1ccccn1. The van der Waals surface area contributed by atoms with Gasteiger partial charge in [-0.15, -0.1) is 0 Å². The predicted octanol–water partition coefficient (Wildman–Crippen LogP) is 1.72. The van der Waals surface area contributed by atoms with Gasteiger partial charge in [-0.05, 0) is 30.3 Å². The number of carbonyl (C=O) groups is 1. The van der Waals surface area contributed by atoms with Crippen LogP contribution < -0.4 is 10.0 Å². The first-order chi connectivity index (χ1) is 11.0. The van der Waals surface area contributed by atoms with E-state index in [1.54, 1.807) is 30.5 Å². The van der Waals surface area contributed by atoms with E-state index in [2.05, 4.69) is 15.0 Å². The first-order valence-corrected chi connectivity index (χ1v) is 8.75. The third kappa shape index (κ3) is 5.63. The van der Waals surface area contributed by atoms with Crippen molar-refractivity contribution in [2.75, 3.05) is 6.54 Å². The maximum atomic E-state index is 12.0. The molecule has 2 aromatic rings. The van der Waals surface area contributed by atoms with Gasteiger partial charge in [0.05, 0.1) is 17.1 Å². The fourth-order valence-corrected chi connectivity index (χ4v) is 3.13. The Bertz CT molecular complexity index is 767. The molecule has 0 radical (unpaired) electrons. The van der Waals surface area contributed by atoms with Crippen molar-refractivity contribution in [3.63, 3.8) is 0 Å². The fourth-order valence-electron chi connectivity index (χ4n) is 1.80. The summed E-state index contributed by atoms with van der Waals surface area (Å²) in [6.07, 6.45) is 1.67. The van der Waals surface area contributed by atoms with Gasteiger partial charge in [0, 0.05) is 24.2 Å². The van der Waals surface area contributed by atoms with Crippen molar-refractivity contribution in [2.45, 2.75) is 17.9 Å². The summed E-state index contributed by atoms with van der Waals surface area (Å²) >= 11 is 5.77. The van der Waals surface area contributed by atoms with Gasteiger partial charge in [0.2, 0.25) is 15.9 Å². The molecule has 0 aliphatic rings. The Morgan fingerprint density at radius 3 is 2.70 bits per heavy atom. The fraction of sp³-hybridized carbons (Fsp3) is 0.200. The van der Waals surface area contributed by atoms with E-state index in [-0.39, 0.29) is 23.8 Å². The van der Waals surface area contributed by atoms with E-state index in [4.69, 9.17) is 11.6 Å². The van der Waals surface area contributed by atoms with Crippen molar-refractivity contribution in [2.24, 2.45) is 0 Å². The van der Waals surface area contributed by atoms with Crippen molar-refractivity contribution in [1.82, 2.24) is 15.0 Å². The number of sulfonamides is 1. The molecule has 0 aliphatic carbocycles. The van der Waals surface area contributed by atoms with E-state index in [0.717, 1.165) is 5.69 Å². The summed E-state index contributed by atoms with van der Waals surface area (Å²) in [4.78, 5) is 15.8. The van der Waals surface area contributed by atoms with Gasteiger partial charge in [-0.3, -0.25) is 9.78 Å². The zero-order chi connectivity index (χ0) is 16.7. The van der Waals surface area contributed by atoms with Crippen LogP contribution in [0.1, 0.15) is 12.1 Å². The number of carbonyl (C=O) groups excluding carboxylic acids is 1. The summed E-state index contributed by atoms with van der Waals surface area (Å²) in [6.45, 7) is 0.309. The normalized spacial score (nSPS) is 11.2. The minimum Gasteiger partial charge on any atom is -0.350 e. The number of aromatic nitrogens is 1. The Morgan fingerprint density at radius 2 is 2.00 bits per heavy atom. The van der Waals surface area contributed by atoms with E-state index < -0.39 is 10.0 Å². The number of nitrogens with one attached hydrogen (secondary N) is 2. The Hall–Kier alpha value is -1.96. The Morgan fingerprint density at radius 1 is 1.17 bits per heavy atom. The molecule has 0 atom stereocenters. The van der Waals surface area contributed by atoms with Crippen LogP contribution in [0.15, 0.2) is 53.6 Å². The highest BCUT2D eigenvalue weighted by Gasteiger charge is 2.14. The van der Waals surface area contributed by atoms with E-state index >= 15 is 0 Å². The molecule has 0 bridgehead atoms. The lowest BCUT2D eigenvalue weighted by Gasteiger charge is -2.08. The lowest BCUT2D eigenvalue weighted by atomic mass is 10.3. The van der Waals surface area contributed by atoms with Gasteiger partial charge in [-0.2, -0.15) is 0 Å². The molecule has 0 aliphatic heterocycles. The lowest BCUT2D eigenvalue weighted by Crippen LogP contribution is -2.30. The van der Waals surface area contributed by atoms with Gasteiger partial charge in [0.15, 0.2) is 0 Å². The predicted molar refractivity (Wildman–Crippen MR) is 87.3 cm³/mol. The van der Waals surface area contributed by atoms with Crippen molar-refractivity contribution >= 4 is 27.5 Å². The van der Waals surface area contributed by atoms with Gasteiger partial charge < -0.3 is 5.32 Å². The molecule has 1 amide bonds. The summed E-state index contributed by atoms with van der Waals surface area (Å²) in [6, 6.07) is 11.3. The Kier molecular flexibility index (Phi) is 6.09. The molecule has 0 unspecified atom stereocenters. The zero-order valence-electron chi connectivity index (χ0n) is 12.2. The summed E-state index contributed by atoms with van der Waals surface area (Å²) in [5, 5.41) is 3.01. The molecule has 1 aromatic carbocycles. The van der Waals surface area contributed by atoms with Crippen LogP contribution in [0.2, 0.25) is 5.02 Å². The number of hydrogen-bond donors (Lipinski definition) is 2. The second-order valence-electron chi connectivity index (χ2n) is 4.70. The van der Waals surface area contributed by atoms with Crippen LogP contribution in [0.5, 0.6) is 0 Å². The van der Waals surface area contributed by atoms with Crippen LogP contribution in [-0.4, -0.2) is 25.9 Å². The second kappa shape index (κ2) is 8.05. The average molecular weight is 354 g/mol. The molecular formula is C15H16ClN3O3S. The van der Waals surface area contributed by atoms with Crippen molar-refractivity contribution in [1.29, 1.82) is 0 Å². The molecule has 2 N–H and O–H groups in total. The monoisotopic (exact) mass is 353 g/mol. The Balaban J connectivity index is 1.79. The number of nitrogens with zero attached hydrogens (tertiary/aromatic N) is 1. The maximum Gasteiger partial charge on any atom is 0.240 e. The number of amides is 1. The Labute approximate surface area is 139 Å². The largest absolute Gasteiger partial charge is 0.350 e. The van der Waals surface area contributed by atoms with Crippen LogP contribution in [-0.2, 0) is 21.4 Å². The molecule has 0 fully saturated rings. The van der Waals surface area contributed by atoms with Crippen LogP contribution in [0.4, 0.5) is 0 Å². The minimum atomic E-state index is -3.67. The van der Waals surface area contributed by atoms with E-state index in [0.29, 0.717) is 11.6 Å². The molecule has 2 rings (SSSR count). The number of rotatable bonds is 7.